The number of para-hydroxylation sites is 2. The number of fused-ring (bicyclic) bond motifs is 1. The molecule has 33 heavy (non-hydrogen) atoms. The average molecular weight is 493 g/mol. The van der Waals surface area contributed by atoms with E-state index < -0.39 is 25.8 Å². The van der Waals surface area contributed by atoms with Crippen LogP contribution in [-0.4, -0.2) is 42.3 Å². The van der Waals surface area contributed by atoms with Crippen LogP contribution < -0.4 is 23.7 Å². The van der Waals surface area contributed by atoms with Crippen LogP contribution in [0.4, 0.5) is 11.4 Å². The van der Waals surface area contributed by atoms with Gasteiger partial charge in [-0.3, -0.25) is 9.44 Å². The topological polar surface area (TPSA) is 140 Å². The fourth-order valence-corrected chi connectivity index (χ4v) is 5.27. The fraction of sp³-hybridized carbons (Fsp3) is 0.143. The number of hydrogen-bond acceptors (Lipinski definition) is 8. The van der Waals surface area contributed by atoms with E-state index in [1.165, 1.54) is 31.4 Å². The van der Waals surface area contributed by atoms with Crippen LogP contribution in [0.25, 0.3) is 0 Å². The summed E-state index contributed by atoms with van der Waals surface area (Å²) in [5, 5.41) is 10.2. The molecular weight excluding hydrogens is 472 g/mol. The van der Waals surface area contributed by atoms with Crippen LogP contribution in [-0.2, 0) is 20.0 Å². The molecule has 1 aliphatic heterocycles. The average Bonchev–Trinajstić information content (AvgIpc) is 2.80. The molecule has 12 heteroatoms. The lowest BCUT2D eigenvalue weighted by atomic mass is 10.3. The summed E-state index contributed by atoms with van der Waals surface area (Å²) in [4.78, 5) is -0.419. The van der Waals surface area contributed by atoms with Gasteiger partial charge in [0, 0.05) is 6.07 Å². The molecule has 0 unspecified atom stereocenters. The van der Waals surface area contributed by atoms with Crippen molar-refractivity contribution in [2.45, 2.75) is 9.79 Å². The lowest BCUT2D eigenvalue weighted by molar-refractivity contribution is 0.171. The van der Waals surface area contributed by atoms with Gasteiger partial charge in [0.1, 0.15) is 24.7 Å². The number of phenolic OH excluding ortho intramolecular Hbond substituents is 1. The maximum Gasteiger partial charge on any atom is 0.262 e. The highest BCUT2D eigenvalue weighted by atomic mass is 32.2. The van der Waals surface area contributed by atoms with Crippen LogP contribution in [0.1, 0.15) is 0 Å². The van der Waals surface area contributed by atoms with Gasteiger partial charge < -0.3 is 19.3 Å². The molecule has 0 amide bonds. The molecule has 3 N–H and O–H groups in total. The Labute approximate surface area is 190 Å². The first-order valence-corrected chi connectivity index (χ1v) is 12.6. The summed E-state index contributed by atoms with van der Waals surface area (Å²) in [5.74, 6) is 0.538. The number of ether oxygens (including phenoxy) is 3. The molecular formula is C21H20N2O8S2. The van der Waals surface area contributed by atoms with Gasteiger partial charge in [-0.1, -0.05) is 12.1 Å². The van der Waals surface area contributed by atoms with Gasteiger partial charge in [-0.15, -0.1) is 0 Å². The van der Waals surface area contributed by atoms with Crippen molar-refractivity contribution in [2.24, 2.45) is 0 Å². The zero-order valence-electron chi connectivity index (χ0n) is 17.3. The molecule has 1 heterocycles. The molecule has 0 fully saturated rings. The normalized spacial score (nSPS) is 13.2. The first-order chi connectivity index (χ1) is 15.7. The summed E-state index contributed by atoms with van der Waals surface area (Å²) in [6.07, 6.45) is 0. The van der Waals surface area contributed by atoms with Gasteiger partial charge in [0.15, 0.2) is 11.5 Å². The minimum atomic E-state index is -4.18. The van der Waals surface area contributed by atoms with Crippen molar-refractivity contribution in [3.63, 3.8) is 0 Å². The Morgan fingerprint density at radius 1 is 0.788 bits per heavy atom. The van der Waals surface area contributed by atoms with E-state index in [-0.39, 0.29) is 33.5 Å². The van der Waals surface area contributed by atoms with E-state index in [1.54, 1.807) is 18.2 Å². The molecule has 0 aliphatic carbocycles. The van der Waals surface area contributed by atoms with E-state index in [1.807, 2.05) is 0 Å². The van der Waals surface area contributed by atoms with Gasteiger partial charge in [0.2, 0.25) is 0 Å². The van der Waals surface area contributed by atoms with Crippen molar-refractivity contribution in [1.82, 2.24) is 0 Å². The fourth-order valence-electron chi connectivity index (χ4n) is 3.09. The highest BCUT2D eigenvalue weighted by Gasteiger charge is 2.23. The molecule has 0 radical (unpaired) electrons. The number of aromatic hydroxyl groups is 1. The second-order valence-electron chi connectivity index (χ2n) is 6.90. The van der Waals surface area contributed by atoms with Crippen LogP contribution in [0, 0.1) is 0 Å². The van der Waals surface area contributed by atoms with Crippen molar-refractivity contribution in [3.05, 3.63) is 60.7 Å². The third-order valence-corrected chi connectivity index (χ3v) is 7.42. The lowest BCUT2D eigenvalue weighted by Crippen LogP contribution is -2.18. The molecule has 3 aromatic carbocycles. The summed E-state index contributed by atoms with van der Waals surface area (Å²) >= 11 is 0. The molecule has 0 bridgehead atoms. The van der Waals surface area contributed by atoms with Gasteiger partial charge >= 0.3 is 0 Å². The first-order valence-electron chi connectivity index (χ1n) is 9.61. The number of benzene rings is 3. The highest BCUT2D eigenvalue weighted by molar-refractivity contribution is 7.93. The first kappa shape index (κ1) is 22.6. The highest BCUT2D eigenvalue weighted by Crippen LogP contribution is 2.35. The Bertz CT molecular complexity index is 1410. The van der Waals surface area contributed by atoms with Gasteiger partial charge in [0.25, 0.3) is 20.0 Å². The standard InChI is InChI=1S/C21H20N2O8S2/c1-29-19-5-3-2-4-16(19)22-32(25,26)14-6-8-18(24)17(12-14)23-33(27,28)15-7-9-20-21(13-15)31-11-10-30-20/h2-9,12-13,22-24H,10-11H2,1H3. The van der Waals surface area contributed by atoms with Gasteiger partial charge in [-0.05, 0) is 42.5 Å². The third-order valence-electron chi connectivity index (χ3n) is 4.70. The van der Waals surface area contributed by atoms with Crippen LogP contribution in [0.5, 0.6) is 23.0 Å². The number of nitrogens with one attached hydrogen (secondary N) is 2. The molecule has 0 saturated carbocycles. The van der Waals surface area contributed by atoms with E-state index in [4.69, 9.17) is 14.2 Å². The number of hydrogen-bond donors (Lipinski definition) is 3. The van der Waals surface area contributed by atoms with Crippen molar-refractivity contribution >= 4 is 31.4 Å². The van der Waals surface area contributed by atoms with E-state index in [2.05, 4.69) is 9.44 Å². The van der Waals surface area contributed by atoms with Crippen molar-refractivity contribution in [1.29, 1.82) is 0 Å². The Morgan fingerprint density at radius 3 is 2.12 bits per heavy atom. The van der Waals surface area contributed by atoms with E-state index in [0.29, 0.717) is 18.1 Å². The van der Waals surface area contributed by atoms with Crippen LogP contribution in [0.15, 0.2) is 70.5 Å². The Kier molecular flexibility index (Phi) is 5.95. The molecule has 0 spiro atoms. The summed E-state index contributed by atoms with van der Waals surface area (Å²) in [6, 6.07) is 13.7. The number of sulfonamides is 2. The zero-order valence-corrected chi connectivity index (χ0v) is 18.9. The molecule has 10 nitrogen and oxygen atoms in total. The predicted octanol–water partition coefficient (Wildman–Crippen LogP) is 2.77. The molecule has 0 saturated heterocycles. The largest absolute Gasteiger partial charge is 0.506 e. The van der Waals surface area contributed by atoms with E-state index in [9.17, 15) is 21.9 Å². The second-order valence-corrected chi connectivity index (χ2v) is 10.3. The smallest absolute Gasteiger partial charge is 0.262 e. The third kappa shape index (κ3) is 4.76. The summed E-state index contributed by atoms with van der Waals surface area (Å²) < 4.78 is 72.0. The van der Waals surface area contributed by atoms with Crippen LogP contribution >= 0.6 is 0 Å². The number of methoxy groups -OCH3 is 1. The van der Waals surface area contributed by atoms with Crippen molar-refractivity contribution in [2.75, 3.05) is 29.8 Å². The number of phenols is 1. The Morgan fingerprint density at radius 2 is 1.39 bits per heavy atom. The molecule has 4 rings (SSSR count). The van der Waals surface area contributed by atoms with E-state index in [0.717, 1.165) is 18.2 Å². The molecule has 0 atom stereocenters. The summed E-state index contributed by atoms with van der Waals surface area (Å²) in [7, 11) is -6.91. The minimum Gasteiger partial charge on any atom is -0.506 e. The van der Waals surface area contributed by atoms with Crippen molar-refractivity contribution in [3.8, 4) is 23.0 Å². The minimum absolute atomic E-state index is 0.147. The van der Waals surface area contributed by atoms with Gasteiger partial charge in [-0.25, -0.2) is 16.8 Å². The quantitative estimate of drug-likeness (QED) is 0.428. The Balaban J connectivity index is 1.63. The molecule has 0 aromatic heterocycles. The number of anilines is 2. The summed E-state index contributed by atoms with van der Waals surface area (Å²) in [6.45, 7) is 0.638. The monoisotopic (exact) mass is 492 g/mol. The van der Waals surface area contributed by atoms with Crippen LogP contribution in [0.2, 0.25) is 0 Å². The molecule has 174 valence electrons. The van der Waals surface area contributed by atoms with Gasteiger partial charge in [-0.2, -0.15) is 0 Å². The maximum atomic E-state index is 12.9. The van der Waals surface area contributed by atoms with Gasteiger partial charge in [0.05, 0.1) is 28.3 Å². The SMILES string of the molecule is COc1ccccc1NS(=O)(=O)c1ccc(O)c(NS(=O)(=O)c2ccc3c(c2)OCCO3)c1. The maximum absolute atomic E-state index is 12.9. The lowest BCUT2D eigenvalue weighted by Gasteiger charge is -2.19. The number of rotatable bonds is 7. The zero-order chi connectivity index (χ0) is 23.6. The Hall–Kier alpha value is -3.64. The summed E-state index contributed by atoms with van der Waals surface area (Å²) in [5.41, 5.74) is -0.112. The molecule has 3 aromatic rings. The molecule has 1 aliphatic rings. The van der Waals surface area contributed by atoms with Crippen molar-refractivity contribution < 1.29 is 36.2 Å². The van der Waals surface area contributed by atoms with Crippen LogP contribution in [0.3, 0.4) is 0 Å². The van der Waals surface area contributed by atoms with E-state index >= 15 is 0 Å². The second kappa shape index (κ2) is 8.71. The predicted molar refractivity (Wildman–Crippen MR) is 120 cm³/mol.